The van der Waals surface area contributed by atoms with Crippen molar-refractivity contribution in [3.8, 4) is 5.75 Å². The van der Waals surface area contributed by atoms with Crippen molar-refractivity contribution in [2.45, 2.75) is 26.1 Å². The summed E-state index contributed by atoms with van der Waals surface area (Å²) in [6, 6.07) is 2.59. The molecule has 1 rings (SSSR count). The summed E-state index contributed by atoms with van der Waals surface area (Å²) >= 11 is 0. The molecule has 0 saturated heterocycles. The van der Waals surface area contributed by atoms with E-state index in [0.717, 1.165) is 18.2 Å². The molecule has 0 aliphatic heterocycles. The minimum atomic E-state index is -4.49. The van der Waals surface area contributed by atoms with Gasteiger partial charge in [-0.2, -0.15) is 13.2 Å². The third-order valence-corrected chi connectivity index (χ3v) is 2.07. The molecule has 0 radical (unpaired) electrons. The minimum Gasteiger partial charge on any atom is -0.426 e. The van der Waals surface area contributed by atoms with Crippen molar-refractivity contribution in [2.24, 2.45) is 0 Å². The molecule has 0 saturated carbocycles. The van der Waals surface area contributed by atoms with Crippen molar-refractivity contribution >= 4 is 5.97 Å². The Morgan fingerprint density at radius 1 is 1.41 bits per heavy atom. The van der Waals surface area contributed by atoms with Crippen molar-refractivity contribution in [1.82, 2.24) is 0 Å². The highest BCUT2D eigenvalue weighted by Crippen LogP contribution is 2.32. The minimum absolute atomic E-state index is 0.0487. The second-order valence-electron chi connectivity index (χ2n) is 3.31. The molecule has 94 valence electrons. The number of hydrogen-bond donors (Lipinski definition) is 1. The summed E-state index contributed by atoms with van der Waals surface area (Å²) in [5.74, 6) is -0.619. The first kappa shape index (κ1) is 13.5. The number of rotatable bonds is 3. The van der Waals surface area contributed by atoms with E-state index in [1.54, 1.807) is 6.92 Å². The van der Waals surface area contributed by atoms with E-state index in [1.807, 2.05) is 0 Å². The fraction of sp³-hybridized carbons (Fsp3) is 0.364. The summed E-state index contributed by atoms with van der Waals surface area (Å²) in [5.41, 5.74) is -0.959. The van der Waals surface area contributed by atoms with Crippen LogP contribution >= 0.6 is 0 Å². The first-order chi connectivity index (χ1) is 7.88. The number of esters is 1. The van der Waals surface area contributed by atoms with Crippen LogP contribution in [-0.4, -0.2) is 11.1 Å². The van der Waals surface area contributed by atoms with Crippen LogP contribution in [0.3, 0.4) is 0 Å². The van der Waals surface area contributed by atoms with E-state index >= 15 is 0 Å². The average molecular weight is 248 g/mol. The summed E-state index contributed by atoms with van der Waals surface area (Å²) in [7, 11) is 0. The van der Waals surface area contributed by atoms with Gasteiger partial charge in [0.2, 0.25) is 0 Å². The second kappa shape index (κ2) is 5.18. The van der Waals surface area contributed by atoms with Gasteiger partial charge in [0.1, 0.15) is 5.75 Å². The molecular weight excluding hydrogens is 237 g/mol. The van der Waals surface area contributed by atoms with Crippen molar-refractivity contribution in [3.05, 3.63) is 29.3 Å². The predicted octanol–water partition coefficient (Wildman–Crippen LogP) is 2.51. The zero-order valence-electron chi connectivity index (χ0n) is 9.04. The number of hydrogen-bond acceptors (Lipinski definition) is 3. The molecule has 3 nitrogen and oxygen atoms in total. The molecule has 0 heterocycles. The van der Waals surface area contributed by atoms with Crippen molar-refractivity contribution in [3.63, 3.8) is 0 Å². The van der Waals surface area contributed by atoms with E-state index in [1.165, 1.54) is 0 Å². The molecule has 6 heteroatoms. The average Bonchev–Trinajstić information content (AvgIpc) is 2.27. The Morgan fingerprint density at radius 2 is 2.06 bits per heavy atom. The van der Waals surface area contributed by atoms with Crippen molar-refractivity contribution in [2.75, 3.05) is 0 Å². The second-order valence-corrected chi connectivity index (χ2v) is 3.31. The summed E-state index contributed by atoms with van der Waals surface area (Å²) in [4.78, 5) is 11.0. The molecule has 0 spiro atoms. The highest BCUT2D eigenvalue weighted by Gasteiger charge is 2.31. The lowest BCUT2D eigenvalue weighted by atomic mass is 10.1. The molecule has 0 amide bonds. The molecule has 0 bridgehead atoms. The lowest BCUT2D eigenvalue weighted by Crippen LogP contribution is -2.10. The highest BCUT2D eigenvalue weighted by atomic mass is 19.4. The topological polar surface area (TPSA) is 46.5 Å². The number of alkyl halides is 3. The van der Waals surface area contributed by atoms with Gasteiger partial charge in [0, 0.05) is 12.0 Å². The van der Waals surface area contributed by atoms with Gasteiger partial charge in [0.05, 0.1) is 12.2 Å². The molecule has 0 aromatic heterocycles. The monoisotopic (exact) mass is 248 g/mol. The van der Waals surface area contributed by atoms with Gasteiger partial charge in [0.25, 0.3) is 0 Å². The van der Waals surface area contributed by atoms with Crippen LogP contribution in [0.1, 0.15) is 24.5 Å². The van der Waals surface area contributed by atoms with Crippen LogP contribution in [-0.2, 0) is 17.6 Å². The lowest BCUT2D eigenvalue weighted by molar-refractivity contribution is -0.137. The van der Waals surface area contributed by atoms with Crippen molar-refractivity contribution in [1.29, 1.82) is 0 Å². The Balaban J connectivity index is 3.06. The first-order valence-corrected chi connectivity index (χ1v) is 4.90. The molecular formula is C11H11F3O3. The predicted molar refractivity (Wildman–Crippen MR) is 53.3 cm³/mol. The van der Waals surface area contributed by atoms with Gasteiger partial charge in [-0.25, -0.2) is 0 Å². The van der Waals surface area contributed by atoms with Crippen molar-refractivity contribution < 1.29 is 27.8 Å². The van der Waals surface area contributed by atoms with E-state index in [0.29, 0.717) is 0 Å². The number of halogens is 3. The third-order valence-electron chi connectivity index (χ3n) is 2.07. The molecule has 17 heavy (non-hydrogen) atoms. The van der Waals surface area contributed by atoms with Crippen LogP contribution in [0.2, 0.25) is 0 Å². The van der Waals surface area contributed by atoms with Crippen LogP contribution < -0.4 is 4.74 Å². The molecule has 0 aliphatic carbocycles. The maximum Gasteiger partial charge on any atom is 0.416 e. The number of aliphatic hydroxyl groups excluding tert-OH is 1. The number of carbonyl (C=O) groups excluding carboxylic acids is 1. The fourth-order valence-corrected chi connectivity index (χ4v) is 1.17. The lowest BCUT2D eigenvalue weighted by Gasteiger charge is -2.11. The Bertz CT molecular complexity index is 413. The fourth-order valence-electron chi connectivity index (χ4n) is 1.17. The van der Waals surface area contributed by atoms with Crippen LogP contribution in [0.4, 0.5) is 13.2 Å². The zero-order chi connectivity index (χ0) is 13.1. The Morgan fingerprint density at radius 3 is 2.53 bits per heavy atom. The summed E-state index contributed by atoms with van der Waals surface area (Å²) in [5, 5.41) is 8.94. The number of ether oxygens (including phenoxy) is 1. The van der Waals surface area contributed by atoms with Crippen LogP contribution in [0.5, 0.6) is 5.75 Å². The van der Waals surface area contributed by atoms with Gasteiger partial charge in [0.15, 0.2) is 0 Å². The van der Waals surface area contributed by atoms with Gasteiger partial charge in [-0.15, -0.1) is 0 Å². The van der Waals surface area contributed by atoms with E-state index < -0.39 is 24.3 Å². The van der Waals surface area contributed by atoms with E-state index in [-0.39, 0.29) is 17.7 Å². The Kier molecular flexibility index (Phi) is 4.11. The largest absolute Gasteiger partial charge is 0.426 e. The van der Waals surface area contributed by atoms with Gasteiger partial charge in [-0.3, -0.25) is 4.79 Å². The highest BCUT2D eigenvalue weighted by molar-refractivity contribution is 5.72. The maximum atomic E-state index is 12.4. The molecule has 1 N–H and O–H groups in total. The van der Waals surface area contributed by atoms with Crippen LogP contribution in [0.25, 0.3) is 0 Å². The normalized spacial score (nSPS) is 11.4. The molecule has 0 unspecified atom stereocenters. The standard InChI is InChI=1S/C11H11F3O3/c1-2-10(16)17-9-4-3-8(11(12,13)14)5-7(9)6-15/h3-5,15H,2,6H2,1H3. The van der Waals surface area contributed by atoms with Crippen LogP contribution in [0, 0.1) is 0 Å². The molecule has 0 aliphatic rings. The van der Waals surface area contributed by atoms with Gasteiger partial charge >= 0.3 is 12.1 Å². The molecule has 1 aromatic carbocycles. The molecule has 0 atom stereocenters. The molecule has 1 aromatic rings. The van der Waals surface area contributed by atoms with Crippen LogP contribution in [0.15, 0.2) is 18.2 Å². The van der Waals surface area contributed by atoms with Gasteiger partial charge in [-0.05, 0) is 18.2 Å². The quantitative estimate of drug-likeness (QED) is 0.660. The van der Waals surface area contributed by atoms with Gasteiger partial charge < -0.3 is 9.84 Å². The number of benzene rings is 1. The Labute approximate surface area is 95.8 Å². The maximum absolute atomic E-state index is 12.4. The summed E-state index contributed by atoms with van der Waals surface area (Å²) in [6.45, 7) is 0.932. The summed E-state index contributed by atoms with van der Waals surface area (Å²) < 4.78 is 41.9. The zero-order valence-corrected chi connectivity index (χ0v) is 9.04. The third kappa shape index (κ3) is 3.45. The van der Waals surface area contributed by atoms with E-state index in [9.17, 15) is 18.0 Å². The van der Waals surface area contributed by atoms with E-state index in [4.69, 9.17) is 9.84 Å². The number of aliphatic hydroxyl groups is 1. The Hall–Kier alpha value is -1.56. The molecule has 0 fully saturated rings. The van der Waals surface area contributed by atoms with Gasteiger partial charge in [-0.1, -0.05) is 6.92 Å². The van der Waals surface area contributed by atoms with E-state index in [2.05, 4.69) is 0 Å². The SMILES string of the molecule is CCC(=O)Oc1ccc(C(F)(F)F)cc1CO. The number of carbonyl (C=O) groups is 1. The first-order valence-electron chi connectivity index (χ1n) is 4.90. The summed E-state index contributed by atoms with van der Waals surface area (Å²) in [6.07, 6.45) is -4.39. The smallest absolute Gasteiger partial charge is 0.416 e.